The Hall–Kier alpha value is -1.71. The predicted octanol–water partition coefficient (Wildman–Crippen LogP) is 2.26. The van der Waals surface area contributed by atoms with Crippen molar-refractivity contribution in [2.45, 2.75) is 26.7 Å². The molecule has 7 nitrogen and oxygen atoms in total. The van der Waals surface area contributed by atoms with Crippen LogP contribution in [0.15, 0.2) is 33.9 Å². The van der Waals surface area contributed by atoms with E-state index in [2.05, 4.69) is 37.7 Å². The molecular formula is C15H23IN6O. The number of aliphatic imine (C=N–C) groups is 1. The van der Waals surface area contributed by atoms with E-state index >= 15 is 0 Å². The Morgan fingerprint density at radius 3 is 2.83 bits per heavy atom. The molecule has 0 fully saturated rings. The SMILES string of the molecule is CCCN=C(NCC)NCCc1noc(-c2ccccn2)n1.I. The van der Waals surface area contributed by atoms with E-state index in [4.69, 9.17) is 4.52 Å². The number of nitrogens with one attached hydrogen (secondary N) is 2. The molecule has 0 amide bonds. The second-order valence-corrected chi connectivity index (χ2v) is 4.67. The lowest BCUT2D eigenvalue weighted by Gasteiger charge is -2.09. The molecule has 2 heterocycles. The highest BCUT2D eigenvalue weighted by atomic mass is 127. The summed E-state index contributed by atoms with van der Waals surface area (Å²) in [6, 6.07) is 5.58. The summed E-state index contributed by atoms with van der Waals surface area (Å²) in [6.07, 6.45) is 3.38. The van der Waals surface area contributed by atoms with Gasteiger partial charge in [0.2, 0.25) is 0 Å². The highest BCUT2D eigenvalue weighted by molar-refractivity contribution is 14.0. The summed E-state index contributed by atoms with van der Waals surface area (Å²) in [5.41, 5.74) is 0.687. The van der Waals surface area contributed by atoms with Gasteiger partial charge in [-0.3, -0.25) is 9.98 Å². The fourth-order valence-electron chi connectivity index (χ4n) is 1.81. The molecule has 126 valence electrons. The van der Waals surface area contributed by atoms with Crippen LogP contribution in [0.1, 0.15) is 26.1 Å². The van der Waals surface area contributed by atoms with Gasteiger partial charge < -0.3 is 15.2 Å². The molecule has 0 saturated heterocycles. The maximum absolute atomic E-state index is 5.22. The highest BCUT2D eigenvalue weighted by Crippen LogP contribution is 2.12. The van der Waals surface area contributed by atoms with Crippen molar-refractivity contribution < 1.29 is 4.52 Å². The van der Waals surface area contributed by atoms with Crippen molar-refractivity contribution in [1.29, 1.82) is 0 Å². The van der Waals surface area contributed by atoms with Crippen molar-refractivity contribution in [1.82, 2.24) is 25.8 Å². The van der Waals surface area contributed by atoms with Gasteiger partial charge in [0.05, 0.1) is 0 Å². The van der Waals surface area contributed by atoms with Crippen molar-refractivity contribution >= 4 is 29.9 Å². The number of nitrogens with zero attached hydrogens (tertiary/aromatic N) is 4. The summed E-state index contributed by atoms with van der Waals surface area (Å²) >= 11 is 0. The number of aromatic nitrogens is 3. The first kappa shape index (κ1) is 19.3. The van der Waals surface area contributed by atoms with Crippen LogP contribution in [0, 0.1) is 0 Å². The molecule has 0 bridgehead atoms. The zero-order chi connectivity index (χ0) is 15.6. The summed E-state index contributed by atoms with van der Waals surface area (Å²) in [7, 11) is 0. The second-order valence-electron chi connectivity index (χ2n) is 4.67. The molecule has 2 rings (SSSR count). The third kappa shape index (κ3) is 6.51. The maximum atomic E-state index is 5.22. The molecule has 23 heavy (non-hydrogen) atoms. The first-order valence-electron chi connectivity index (χ1n) is 7.59. The number of guanidine groups is 1. The molecule has 0 aliphatic rings. The summed E-state index contributed by atoms with van der Waals surface area (Å²) < 4.78 is 5.22. The molecule has 0 aliphatic carbocycles. The smallest absolute Gasteiger partial charge is 0.276 e. The number of hydrogen-bond acceptors (Lipinski definition) is 5. The van der Waals surface area contributed by atoms with E-state index in [1.807, 2.05) is 25.1 Å². The van der Waals surface area contributed by atoms with Crippen molar-refractivity contribution in [3.8, 4) is 11.6 Å². The van der Waals surface area contributed by atoms with Crippen LogP contribution in [0.25, 0.3) is 11.6 Å². The van der Waals surface area contributed by atoms with Crippen LogP contribution in [-0.2, 0) is 6.42 Å². The van der Waals surface area contributed by atoms with Crippen molar-refractivity contribution in [3.05, 3.63) is 30.2 Å². The van der Waals surface area contributed by atoms with Gasteiger partial charge in [0, 0.05) is 32.3 Å². The van der Waals surface area contributed by atoms with E-state index in [0.29, 0.717) is 30.4 Å². The molecule has 2 aromatic rings. The lowest BCUT2D eigenvalue weighted by Crippen LogP contribution is -2.38. The van der Waals surface area contributed by atoms with Crippen LogP contribution in [0.3, 0.4) is 0 Å². The number of halogens is 1. The average Bonchev–Trinajstić information content (AvgIpc) is 3.02. The summed E-state index contributed by atoms with van der Waals surface area (Å²) in [4.78, 5) is 13.0. The van der Waals surface area contributed by atoms with Crippen LogP contribution in [-0.4, -0.2) is 40.7 Å². The number of hydrogen-bond donors (Lipinski definition) is 2. The van der Waals surface area contributed by atoms with Crippen LogP contribution in [0.4, 0.5) is 0 Å². The van der Waals surface area contributed by atoms with Crippen molar-refractivity contribution in [2.24, 2.45) is 4.99 Å². The Balaban J connectivity index is 0.00000264. The van der Waals surface area contributed by atoms with Gasteiger partial charge in [-0.1, -0.05) is 18.1 Å². The molecule has 2 aromatic heterocycles. The molecule has 0 unspecified atom stereocenters. The summed E-state index contributed by atoms with van der Waals surface area (Å²) in [5.74, 6) is 1.92. The first-order chi connectivity index (χ1) is 10.8. The zero-order valence-corrected chi connectivity index (χ0v) is 15.8. The molecular weight excluding hydrogens is 407 g/mol. The number of pyridine rings is 1. The van der Waals surface area contributed by atoms with Gasteiger partial charge in [-0.15, -0.1) is 24.0 Å². The van der Waals surface area contributed by atoms with Crippen molar-refractivity contribution in [2.75, 3.05) is 19.6 Å². The van der Waals surface area contributed by atoms with Gasteiger partial charge in [0.1, 0.15) is 5.69 Å². The Morgan fingerprint density at radius 2 is 2.13 bits per heavy atom. The molecule has 8 heteroatoms. The second kappa shape index (κ2) is 10.9. The van der Waals surface area contributed by atoms with E-state index in [9.17, 15) is 0 Å². The van der Waals surface area contributed by atoms with Crippen LogP contribution >= 0.6 is 24.0 Å². The van der Waals surface area contributed by atoms with Gasteiger partial charge in [0.25, 0.3) is 5.89 Å². The van der Waals surface area contributed by atoms with Gasteiger partial charge in [-0.2, -0.15) is 4.98 Å². The third-order valence-corrected chi connectivity index (χ3v) is 2.83. The van der Waals surface area contributed by atoms with Crippen LogP contribution < -0.4 is 10.6 Å². The Kier molecular flexibility index (Phi) is 9.18. The minimum atomic E-state index is 0. The van der Waals surface area contributed by atoms with Gasteiger partial charge in [-0.25, -0.2) is 0 Å². The standard InChI is InChI=1S/C15H22N6O.HI/c1-3-9-18-15(16-4-2)19-11-8-13-20-14(22-21-13)12-7-5-6-10-17-12;/h5-7,10H,3-4,8-9,11H2,1-2H3,(H2,16,18,19);1H. The minimum absolute atomic E-state index is 0. The zero-order valence-electron chi connectivity index (χ0n) is 13.5. The minimum Gasteiger partial charge on any atom is -0.357 e. The van der Waals surface area contributed by atoms with E-state index in [1.54, 1.807) is 6.20 Å². The molecule has 0 aliphatic heterocycles. The largest absolute Gasteiger partial charge is 0.357 e. The Labute approximate surface area is 153 Å². The molecule has 0 atom stereocenters. The van der Waals surface area contributed by atoms with Crippen LogP contribution in [0.5, 0.6) is 0 Å². The fourth-order valence-corrected chi connectivity index (χ4v) is 1.81. The predicted molar refractivity (Wildman–Crippen MR) is 101 cm³/mol. The lowest BCUT2D eigenvalue weighted by atomic mass is 10.3. The molecule has 2 N–H and O–H groups in total. The average molecular weight is 430 g/mol. The lowest BCUT2D eigenvalue weighted by molar-refractivity contribution is 0.421. The monoisotopic (exact) mass is 430 g/mol. The van der Waals surface area contributed by atoms with Crippen LogP contribution in [0.2, 0.25) is 0 Å². The topological polar surface area (TPSA) is 88.2 Å². The summed E-state index contributed by atoms with van der Waals surface area (Å²) in [5, 5.41) is 10.4. The van der Waals surface area contributed by atoms with E-state index in [1.165, 1.54) is 0 Å². The molecule has 0 radical (unpaired) electrons. The molecule has 0 spiro atoms. The van der Waals surface area contributed by atoms with Gasteiger partial charge in [0.15, 0.2) is 11.8 Å². The van der Waals surface area contributed by atoms with E-state index in [-0.39, 0.29) is 24.0 Å². The normalized spacial score (nSPS) is 11.0. The van der Waals surface area contributed by atoms with E-state index < -0.39 is 0 Å². The van der Waals surface area contributed by atoms with Gasteiger partial charge in [-0.05, 0) is 25.5 Å². The quantitative estimate of drug-likeness (QED) is 0.398. The Morgan fingerprint density at radius 1 is 1.26 bits per heavy atom. The third-order valence-electron chi connectivity index (χ3n) is 2.83. The molecule has 0 aromatic carbocycles. The summed E-state index contributed by atoms with van der Waals surface area (Å²) in [6.45, 7) is 6.48. The van der Waals surface area contributed by atoms with Crippen molar-refractivity contribution in [3.63, 3.8) is 0 Å². The fraction of sp³-hybridized carbons (Fsp3) is 0.467. The van der Waals surface area contributed by atoms with Gasteiger partial charge >= 0.3 is 0 Å². The first-order valence-corrected chi connectivity index (χ1v) is 7.59. The highest BCUT2D eigenvalue weighted by Gasteiger charge is 2.09. The maximum Gasteiger partial charge on any atom is 0.276 e. The molecule has 0 saturated carbocycles. The number of rotatable bonds is 7. The van der Waals surface area contributed by atoms with E-state index in [0.717, 1.165) is 25.5 Å². The Bertz CT molecular complexity index is 587.